The van der Waals surface area contributed by atoms with Gasteiger partial charge in [-0.15, -0.1) is 0 Å². The Labute approximate surface area is 306 Å². The number of nitrogens with one attached hydrogen (secondary N) is 3. The zero-order chi connectivity index (χ0) is 35.4. The molecule has 3 N–H and O–H groups in total. The minimum Gasteiger partial charge on any atom is -0.356 e. The highest BCUT2D eigenvalue weighted by molar-refractivity contribution is 6.07. The predicted molar refractivity (Wildman–Crippen MR) is 224 cm³/mol. The average molecular weight is 672 g/mol. The van der Waals surface area contributed by atoms with Gasteiger partial charge in [-0.2, -0.15) is 0 Å². The van der Waals surface area contributed by atoms with Crippen molar-refractivity contribution < 1.29 is 0 Å². The lowest BCUT2D eigenvalue weighted by Crippen LogP contribution is -1.93. The summed E-state index contributed by atoms with van der Waals surface area (Å²) in [6, 6.07) is 63.1. The van der Waals surface area contributed by atoms with Crippen LogP contribution in [0.2, 0.25) is 0 Å². The predicted octanol–water partition coefficient (Wildman–Crippen LogP) is 14.0. The summed E-state index contributed by atoms with van der Waals surface area (Å²) >= 11 is 0. The molecule has 0 saturated heterocycles. The normalized spacial score (nSPS) is 11.0. The van der Waals surface area contributed by atoms with E-state index in [1.54, 1.807) is 0 Å². The molecule has 0 unspecified atom stereocenters. The Balaban J connectivity index is 1.18. The first-order chi connectivity index (χ1) is 25.4. The van der Waals surface area contributed by atoms with Crippen LogP contribution in [0.1, 0.15) is 16.7 Å². The summed E-state index contributed by atoms with van der Waals surface area (Å²) in [6.45, 7) is 6.35. The summed E-state index contributed by atoms with van der Waals surface area (Å²) in [5.41, 5.74) is 17.3. The highest BCUT2D eigenvalue weighted by Crippen LogP contribution is 2.40. The van der Waals surface area contributed by atoms with E-state index in [9.17, 15) is 0 Å². The molecule has 0 bridgehead atoms. The number of anilines is 6. The Morgan fingerprint density at radius 2 is 0.673 bits per heavy atom. The Kier molecular flexibility index (Phi) is 8.99. The second-order valence-electron chi connectivity index (χ2n) is 13.6. The molecule has 8 aromatic carbocycles. The molecular formula is C49H41N3. The van der Waals surface area contributed by atoms with E-state index in [1.165, 1.54) is 60.8 Å². The van der Waals surface area contributed by atoms with Crippen molar-refractivity contribution in [3.63, 3.8) is 0 Å². The van der Waals surface area contributed by atoms with Crippen LogP contribution in [0, 0.1) is 20.8 Å². The second-order valence-corrected chi connectivity index (χ2v) is 13.6. The van der Waals surface area contributed by atoms with Crippen LogP contribution in [-0.2, 0) is 0 Å². The molecule has 0 atom stereocenters. The standard InChI is InChI=1S/C49H41N3/c1-33-8-4-11-43(28-33)50-40-22-16-36(17-23-40)39-31-48(38-20-26-42(27-21-38)52-45-13-6-10-35(3)30-45)47-15-7-14-46(49(47)32-39)37-18-24-41(25-19-37)51-44-12-5-9-34(2)29-44/h4-32,50-52H,1-3H3. The van der Waals surface area contributed by atoms with Crippen molar-refractivity contribution in [2.45, 2.75) is 20.8 Å². The molecular weight excluding hydrogens is 631 g/mol. The Morgan fingerprint density at radius 1 is 0.269 bits per heavy atom. The highest BCUT2D eigenvalue weighted by atomic mass is 14.9. The van der Waals surface area contributed by atoms with Gasteiger partial charge in [0.2, 0.25) is 0 Å². The molecule has 0 aliphatic heterocycles. The fourth-order valence-electron chi connectivity index (χ4n) is 6.92. The molecule has 0 heterocycles. The SMILES string of the molecule is Cc1cccc(Nc2ccc(-c3cc(-c4ccc(Nc5cccc(C)c5)cc4)c4cccc(-c5ccc(Nc6cccc(C)c6)cc5)c4c3)cc2)c1. The molecule has 3 heteroatoms. The summed E-state index contributed by atoms with van der Waals surface area (Å²) in [5.74, 6) is 0. The van der Waals surface area contributed by atoms with E-state index < -0.39 is 0 Å². The van der Waals surface area contributed by atoms with Crippen molar-refractivity contribution in [2.24, 2.45) is 0 Å². The fourth-order valence-corrected chi connectivity index (χ4v) is 6.92. The summed E-state index contributed by atoms with van der Waals surface area (Å²) in [4.78, 5) is 0. The number of hydrogen-bond donors (Lipinski definition) is 3. The van der Waals surface area contributed by atoms with Crippen molar-refractivity contribution in [3.05, 3.63) is 193 Å². The lowest BCUT2D eigenvalue weighted by molar-refractivity contribution is 1.45. The summed E-state index contributed by atoms with van der Waals surface area (Å²) in [7, 11) is 0. The largest absolute Gasteiger partial charge is 0.356 e. The Bertz CT molecular complexity index is 2500. The highest BCUT2D eigenvalue weighted by Gasteiger charge is 2.13. The van der Waals surface area contributed by atoms with Gasteiger partial charge in [0.05, 0.1) is 0 Å². The number of rotatable bonds is 9. The summed E-state index contributed by atoms with van der Waals surface area (Å²) in [6.07, 6.45) is 0. The first-order valence-electron chi connectivity index (χ1n) is 17.8. The zero-order valence-electron chi connectivity index (χ0n) is 29.7. The molecule has 3 nitrogen and oxygen atoms in total. The molecule has 0 aliphatic rings. The monoisotopic (exact) mass is 671 g/mol. The maximum absolute atomic E-state index is 3.57. The van der Waals surface area contributed by atoms with Crippen molar-refractivity contribution in [1.82, 2.24) is 0 Å². The minimum atomic E-state index is 1.06. The van der Waals surface area contributed by atoms with Gasteiger partial charge in [0.15, 0.2) is 0 Å². The van der Waals surface area contributed by atoms with Crippen LogP contribution in [0.4, 0.5) is 34.1 Å². The fraction of sp³-hybridized carbons (Fsp3) is 0.0612. The number of aryl methyl sites for hydroxylation is 3. The van der Waals surface area contributed by atoms with Gasteiger partial charge in [0, 0.05) is 34.1 Å². The van der Waals surface area contributed by atoms with E-state index in [2.05, 4.69) is 213 Å². The van der Waals surface area contributed by atoms with Gasteiger partial charge in [-0.1, -0.05) is 91.0 Å². The maximum atomic E-state index is 3.57. The molecule has 8 aromatic rings. The smallest absolute Gasteiger partial charge is 0.0386 e. The quantitative estimate of drug-likeness (QED) is 0.143. The second kappa shape index (κ2) is 14.3. The first-order valence-corrected chi connectivity index (χ1v) is 17.8. The first kappa shape index (κ1) is 32.6. The van der Waals surface area contributed by atoms with Gasteiger partial charge in [-0.25, -0.2) is 0 Å². The lowest BCUT2D eigenvalue weighted by Gasteiger charge is -2.16. The van der Waals surface area contributed by atoms with Gasteiger partial charge in [0.1, 0.15) is 0 Å². The van der Waals surface area contributed by atoms with Crippen LogP contribution in [0.25, 0.3) is 44.2 Å². The summed E-state index contributed by atoms with van der Waals surface area (Å²) < 4.78 is 0. The van der Waals surface area contributed by atoms with Crippen molar-refractivity contribution in [3.8, 4) is 33.4 Å². The molecule has 252 valence electrons. The molecule has 0 aliphatic carbocycles. The van der Waals surface area contributed by atoms with E-state index >= 15 is 0 Å². The van der Waals surface area contributed by atoms with Crippen LogP contribution in [0.3, 0.4) is 0 Å². The van der Waals surface area contributed by atoms with Crippen LogP contribution in [-0.4, -0.2) is 0 Å². The topological polar surface area (TPSA) is 36.1 Å². The molecule has 0 aromatic heterocycles. The molecule has 0 saturated carbocycles. The van der Waals surface area contributed by atoms with Crippen LogP contribution in [0.5, 0.6) is 0 Å². The molecule has 52 heavy (non-hydrogen) atoms. The molecule has 0 spiro atoms. The van der Waals surface area contributed by atoms with Crippen molar-refractivity contribution in [1.29, 1.82) is 0 Å². The third-order valence-electron chi connectivity index (χ3n) is 9.53. The average Bonchev–Trinajstić information content (AvgIpc) is 3.15. The van der Waals surface area contributed by atoms with E-state index in [0.29, 0.717) is 0 Å². The lowest BCUT2D eigenvalue weighted by atomic mass is 9.89. The molecule has 0 radical (unpaired) electrons. The molecule has 0 fully saturated rings. The number of hydrogen-bond acceptors (Lipinski definition) is 3. The van der Waals surface area contributed by atoms with Crippen LogP contribution < -0.4 is 16.0 Å². The van der Waals surface area contributed by atoms with Crippen molar-refractivity contribution in [2.75, 3.05) is 16.0 Å². The van der Waals surface area contributed by atoms with E-state index in [0.717, 1.165) is 34.1 Å². The van der Waals surface area contributed by atoms with Crippen LogP contribution >= 0.6 is 0 Å². The van der Waals surface area contributed by atoms with Crippen LogP contribution in [0.15, 0.2) is 176 Å². The zero-order valence-corrected chi connectivity index (χ0v) is 29.7. The summed E-state index contributed by atoms with van der Waals surface area (Å²) in [5, 5.41) is 13.1. The van der Waals surface area contributed by atoms with Gasteiger partial charge in [-0.05, 0) is 167 Å². The molecule has 0 amide bonds. The molecule has 8 rings (SSSR count). The van der Waals surface area contributed by atoms with Crippen molar-refractivity contribution >= 4 is 44.9 Å². The third kappa shape index (κ3) is 7.31. The van der Waals surface area contributed by atoms with Gasteiger partial charge < -0.3 is 16.0 Å². The maximum Gasteiger partial charge on any atom is 0.0386 e. The number of benzene rings is 8. The Morgan fingerprint density at radius 3 is 1.12 bits per heavy atom. The van der Waals surface area contributed by atoms with Gasteiger partial charge >= 0.3 is 0 Å². The van der Waals surface area contributed by atoms with Gasteiger partial charge in [-0.3, -0.25) is 0 Å². The minimum absolute atomic E-state index is 1.06. The van der Waals surface area contributed by atoms with E-state index in [-0.39, 0.29) is 0 Å². The Hall–Kier alpha value is -6.58. The number of fused-ring (bicyclic) bond motifs is 1. The van der Waals surface area contributed by atoms with Gasteiger partial charge in [0.25, 0.3) is 0 Å². The van der Waals surface area contributed by atoms with E-state index in [4.69, 9.17) is 0 Å². The third-order valence-corrected chi connectivity index (χ3v) is 9.53. The van der Waals surface area contributed by atoms with E-state index in [1.807, 2.05) is 0 Å².